The molecule has 1 spiro atoms. The van der Waals surface area contributed by atoms with Gasteiger partial charge in [0.2, 0.25) is 0 Å². The molecule has 1 unspecified atom stereocenters. The summed E-state index contributed by atoms with van der Waals surface area (Å²) in [6.07, 6.45) is 2.07. The smallest absolute Gasteiger partial charge is 0.366 e. The number of carbonyl (C=O) groups is 2. The highest BCUT2D eigenvalue weighted by molar-refractivity contribution is 5.93. The van der Waals surface area contributed by atoms with E-state index in [1.165, 1.54) is 0 Å². The largest absolute Gasteiger partial charge is 0.497 e. The first kappa shape index (κ1) is 20.0. The number of nitrogens with zero attached hydrogens (tertiary/aromatic N) is 3. The highest BCUT2D eigenvalue weighted by Crippen LogP contribution is 2.42. The second kappa shape index (κ2) is 7.67. The summed E-state index contributed by atoms with van der Waals surface area (Å²) in [4.78, 5) is 29.3. The highest BCUT2D eigenvalue weighted by atomic mass is 16.8. The van der Waals surface area contributed by atoms with E-state index in [2.05, 4.69) is 4.90 Å². The third kappa shape index (κ3) is 3.29. The molecule has 0 amide bonds. The molecule has 0 radical (unpaired) electrons. The molecule has 0 saturated carbocycles. The van der Waals surface area contributed by atoms with Crippen LogP contribution < -0.4 is 4.74 Å². The average molecular weight is 427 g/mol. The van der Waals surface area contributed by atoms with Crippen LogP contribution in [0.5, 0.6) is 5.75 Å². The van der Waals surface area contributed by atoms with E-state index in [-0.39, 0.29) is 6.17 Å². The Morgan fingerprint density at radius 3 is 2.39 bits per heavy atom. The summed E-state index contributed by atoms with van der Waals surface area (Å²) < 4.78 is 24.7. The summed E-state index contributed by atoms with van der Waals surface area (Å²) in [5, 5.41) is 0.916. The molecule has 2 aromatic rings. The third-order valence-electron chi connectivity index (χ3n) is 6.23. The number of morpholine rings is 1. The predicted molar refractivity (Wildman–Crippen MR) is 110 cm³/mol. The molecule has 1 aromatic heterocycles. The van der Waals surface area contributed by atoms with Crippen LogP contribution in [0.1, 0.15) is 12.6 Å². The molecule has 0 aliphatic carbocycles. The predicted octanol–water partition coefficient (Wildman–Crippen LogP) is 1.41. The number of aromatic nitrogens is 1. The number of rotatable bonds is 3. The number of carbonyl (C=O) groups excluding carboxylic acids is 2. The quantitative estimate of drug-likeness (QED) is 0.680. The van der Waals surface area contributed by atoms with E-state index in [4.69, 9.17) is 18.9 Å². The van der Waals surface area contributed by atoms with E-state index in [9.17, 15) is 9.59 Å². The second-order valence-corrected chi connectivity index (χ2v) is 7.84. The van der Waals surface area contributed by atoms with Crippen molar-refractivity contribution >= 4 is 22.8 Å². The number of benzene rings is 1. The molecule has 1 atom stereocenters. The van der Waals surface area contributed by atoms with Gasteiger partial charge in [0.15, 0.2) is 0 Å². The number of methoxy groups -OCH3 is 1. The fourth-order valence-electron chi connectivity index (χ4n) is 4.68. The number of esters is 2. The first-order valence-corrected chi connectivity index (χ1v) is 10.4. The van der Waals surface area contributed by atoms with E-state index in [1.54, 1.807) is 7.11 Å². The molecule has 31 heavy (non-hydrogen) atoms. The Morgan fingerprint density at radius 1 is 1.00 bits per heavy atom. The summed E-state index contributed by atoms with van der Waals surface area (Å²) in [6.45, 7) is 5.97. The molecule has 1 saturated heterocycles. The molecule has 164 valence electrons. The lowest BCUT2D eigenvalue weighted by Gasteiger charge is -2.49. The van der Waals surface area contributed by atoms with Crippen molar-refractivity contribution in [3.8, 4) is 5.75 Å². The SMILES string of the molecule is COc1ccc2c(c1)cc1n2CCN(C(C)N2CCOCC2)C12OC(=O)C=CC(=O)O2. The van der Waals surface area contributed by atoms with Crippen molar-refractivity contribution < 1.29 is 28.5 Å². The minimum Gasteiger partial charge on any atom is -0.497 e. The Labute approximate surface area is 179 Å². The molecule has 0 bridgehead atoms. The molecule has 9 heteroatoms. The summed E-state index contributed by atoms with van der Waals surface area (Å²) in [5.74, 6) is -2.19. The van der Waals surface area contributed by atoms with Crippen molar-refractivity contribution in [3.05, 3.63) is 42.1 Å². The van der Waals surface area contributed by atoms with Crippen LogP contribution in [-0.2, 0) is 36.3 Å². The van der Waals surface area contributed by atoms with Gasteiger partial charge in [0.1, 0.15) is 11.4 Å². The Kier molecular flexibility index (Phi) is 4.96. The fourth-order valence-corrected chi connectivity index (χ4v) is 4.68. The molecule has 4 heterocycles. The van der Waals surface area contributed by atoms with Crippen LogP contribution in [0.15, 0.2) is 36.4 Å². The molecule has 3 aliphatic rings. The van der Waals surface area contributed by atoms with Crippen LogP contribution in [-0.4, -0.2) is 72.4 Å². The van der Waals surface area contributed by atoms with Gasteiger partial charge in [-0.15, -0.1) is 0 Å². The van der Waals surface area contributed by atoms with Crippen LogP contribution in [0.2, 0.25) is 0 Å². The van der Waals surface area contributed by atoms with Gasteiger partial charge in [-0.3, -0.25) is 4.90 Å². The van der Waals surface area contributed by atoms with Gasteiger partial charge < -0.3 is 23.5 Å². The van der Waals surface area contributed by atoms with Gasteiger partial charge in [-0.25, -0.2) is 14.5 Å². The van der Waals surface area contributed by atoms with Crippen LogP contribution in [0.4, 0.5) is 0 Å². The van der Waals surface area contributed by atoms with Gasteiger partial charge in [0.05, 0.1) is 26.5 Å². The number of fused-ring (bicyclic) bond motifs is 4. The van der Waals surface area contributed by atoms with Crippen molar-refractivity contribution in [3.63, 3.8) is 0 Å². The van der Waals surface area contributed by atoms with Crippen LogP contribution >= 0.6 is 0 Å². The molecule has 1 aromatic carbocycles. The molecular formula is C22H25N3O6. The van der Waals surface area contributed by atoms with Crippen LogP contribution in [0.3, 0.4) is 0 Å². The maximum atomic E-state index is 12.5. The molecule has 0 N–H and O–H groups in total. The normalized spacial score (nSPS) is 22.6. The third-order valence-corrected chi connectivity index (χ3v) is 6.23. The standard InChI is InChI=1S/C22H25N3O6/c1-15(23-9-11-29-12-10-23)25-8-7-24-18-4-3-17(28-2)13-16(18)14-19(24)22(25)30-20(26)5-6-21(27)31-22/h3-6,13-15H,7-12H2,1-2H3. The van der Waals surface area contributed by atoms with Gasteiger partial charge in [-0.1, -0.05) is 0 Å². The molecule has 5 rings (SSSR count). The van der Waals surface area contributed by atoms with E-state index in [0.29, 0.717) is 32.0 Å². The first-order chi connectivity index (χ1) is 15.0. The van der Waals surface area contributed by atoms with E-state index in [1.807, 2.05) is 40.7 Å². The number of ether oxygens (including phenoxy) is 4. The lowest BCUT2D eigenvalue weighted by Crippen LogP contribution is -2.64. The van der Waals surface area contributed by atoms with Gasteiger partial charge in [0.25, 0.3) is 0 Å². The minimum absolute atomic E-state index is 0.149. The monoisotopic (exact) mass is 427 g/mol. The second-order valence-electron chi connectivity index (χ2n) is 7.84. The Bertz CT molecular complexity index is 1030. The summed E-state index contributed by atoms with van der Waals surface area (Å²) in [7, 11) is 1.62. The van der Waals surface area contributed by atoms with Crippen molar-refractivity contribution in [2.75, 3.05) is 40.0 Å². The Balaban J connectivity index is 1.65. The van der Waals surface area contributed by atoms with Gasteiger partial charge in [0, 0.05) is 49.2 Å². The first-order valence-electron chi connectivity index (χ1n) is 10.4. The van der Waals surface area contributed by atoms with Gasteiger partial charge >= 0.3 is 17.8 Å². The van der Waals surface area contributed by atoms with Crippen molar-refractivity contribution in [1.29, 1.82) is 0 Å². The van der Waals surface area contributed by atoms with Crippen molar-refractivity contribution in [1.82, 2.24) is 14.4 Å². The van der Waals surface area contributed by atoms with Gasteiger partial charge in [-0.05, 0) is 31.2 Å². The zero-order chi connectivity index (χ0) is 21.6. The maximum absolute atomic E-state index is 12.5. The van der Waals surface area contributed by atoms with Crippen molar-refractivity contribution in [2.24, 2.45) is 0 Å². The van der Waals surface area contributed by atoms with E-state index >= 15 is 0 Å². The zero-order valence-electron chi connectivity index (χ0n) is 17.6. The number of hydrogen-bond donors (Lipinski definition) is 0. The lowest BCUT2D eigenvalue weighted by atomic mass is 10.1. The van der Waals surface area contributed by atoms with Gasteiger partial charge in [-0.2, -0.15) is 0 Å². The van der Waals surface area contributed by atoms with E-state index < -0.39 is 17.8 Å². The highest BCUT2D eigenvalue weighted by Gasteiger charge is 2.54. The maximum Gasteiger partial charge on any atom is 0.366 e. The zero-order valence-corrected chi connectivity index (χ0v) is 17.6. The minimum atomic E-state index is -1.67. The Hall–Kier alpha value is -2.88. The van der Waals surface area contributed by atoms with Crippen molar-refractivity contribution in [2.45, 2.75) is 25.5 Å². The topological polar surface area (TPSA) is 82.5 Å². The van der Waals surface area contributed by atoms with E-state index in [0.717, 1.165) is 41.9 Å². The summed E-state index contributed by atoms with van der Waals surface area (Å²) >= 11 is 0. The fraction of sp³-hybridized carbons (Fsp3) is 0.455. The van der Waals surface area contributed by atoms with Crippen LogP contribution in [0.25, 0.3) is 10.9 Å². The lowest BCUT2D eigenvalue weighted by molar-refractivity contribution is -0.318. The molecular weight excluding hydrogens is 402 g/mol. The Morgan fingerprint density at radius 2 is 1.71 bits per heavy atom. The van der Waals surface area contributed by atoms with Crippen LogP contribution in [0, 0.1) is 0 Å². The average Bonchev–Trinajstić information content (AvgIpc) is 3.09. The molecule has 3 aliphatic heterocycles. The molecule has 1 fully saturated rings. The molecule has 9 nitrogen and oxygen atoms in total. The number of hydrogen-bond acceptors (Lipinski definition) is 8. The summed E-state index contributed by atoms with van der Waals surface area (Å²) in [6, 6.07) is 7.67. The summed E-state index contributed by atoms with van der Waals surface area (Å²) in [5.41, 5.74) is 1.56.